The lowest BCUT2D eigenvalue weighted by Gasteiger charge is -2.26. The normalized spacial score (nSPS) is 16.7. The molecule has 138 valence electrons. The number of carbonyl (C=O) groups excluding carboxylic acids is 1. The van der Waals surface area contributed by atoms with E-state index in [0.29, 0.717) is 29.5 Å². The molecule has 7 heteroatoms. The summed E-state index contributed by atoms with van der Waals surface area (Å²) in [5, 5.41) is -0.220. The summed E-state index contributed by atoms with van der Waals surface area (Å²) in [6, 6.07) is 9.86. The van der Waals surface area contributed by atoms with Crippen LogP contribution in [0.1, 0.15) is 16.5 Å². The van der Waals surface area contributed by atoms with E-state index in [2.05, 4.69) is 0 Å². The second-order valence-corrected chi connectivity index (χ2v) is 6.80. The summed E-state index contributed by atoms with van der Waals surface area (Å²) in [5.41, 5.74) is 1.70. The molecule has 0 saturated carbocycles. The lowest BCUT2D eigenvalue weighted by Crippen LogP contribution is -2.28. The van der Waals surface area contributed by atoms with Gasteiger partial charge in [-0.05, 0) is 29.8 Å². The summed E-state index contributed by atoms with van der Waals surface area (Å²) in [5.74, 6) is 1.71. The Labute approximate surface area is 156 Å². The van der Waals surface area contributed by atoms with Gasteiger partial charge >= 0.3 is 0 Å². The SMILES string of the molecule is COc1ccc(C2SCC(=O)N2Cc2ccc(F)cc2)c(OC)c1OC. The van der Waals surface area contributed by atoms with Crippen molar-refractivity contribution in [2.24, 2.45) is 0 Å². The van der Waals surface area contributed by atoms with Crippen molar-refractivity contribution in [2.45, 2.75) is 11.9 Å². The molecule has 0 aromatic heterocycles. The third-order valence-corrected chi connectivity index (χ3v) is 5.47. The molecule has 2 aromatic carbocycles. The summed E-state index contributed by atoms with van der Waals surface area (Å²) in [6.45, 7) is 0.397. The molecule has 1 fully saturated rings. The Bertz CT molecular complexity index is 797. The Morgan fingerprint density at radius 3 is 2.35 bits per heavy atom. The molecule has 0 spiro atoms. The topological polar surface area (TPSA) is 48.0 Å². The number of benzene rings is 2. The number of amides is 1. The fraction of sp³-hybridized carbons (Fsp3) is 0.316. The molecule has 1 saturated heterocycles. The molecule has 3 rings (SSSR count). The first kappa shape index (κ1) is 18.4. The van der Waals surface area contributed by atoms with Gasteiger partial charge in [0, 0.05) is 12.1 Å². The van der Waals surface area contributed by atoms with Crippen molar-refractivity contribution in [3.8, 4) is 17.2 Å². The van der Waals surface area contributed by atoms with Crippen LogP contribution in [0.4, 0.5) is 4.39 Å². The Balaban J connectivity index is 1.96. The number of carbonyl (C=O) groups is 1. The van der Waals surface area contributed by atoms with Crippen LogP contribution in [-0.4, -0.2) is 37.9 Å². The summed E-state index contributed by atoms with van der Waals surface area (Å²) in [6.07, 6.45) is 0. The zero-order valence-corrected chi connectivity index (χ0v) is 15.6. The fourth-order valence-corrected chi connectivity index (χ4v) is 4.19. The molecule has 2 aromatic rings. The predicted molar refractivity (Wildman–Crippen MR) is 98.2 cm³/mol. The smallest absolute Gasteiger partial charge is 0.234 e. The lowest BCUT2D eigenvalue weighted by molar-refractivity contribution is -0.128. The van der Waals surface area contributed by atoms with Gasteiger partial charge in [-0.3, -0.25) is 4.79 Å². The standard InChI is InChI=1S/C19H20FNO4S/c1-23-15-9-8-14(17(24-2)18(15)25-3)19-21(16(22)11-26-19)10-12-4-6-13(20)7-5-12/h4-9,19H,10-11H2,1-3H3. The highest BCUT2D eigenvalue weighted by Crippen LogP contribution is 2.49. The van der Waals surface area contributed by atoms with Crippen molar-refractivity contribution >= 4 is 17.7 Å². The minimum Gasteiger partial charge on any atom is -0.493 e. The minimum atomic E-state index is -0.297. The zero-order valence-electron chi connectivity index (χ0n) is 14.8. The van der Waals surface area contributed by atoms with Gasteiger partial charge in [-0.25, -0.2) is 4.39 Å². The summed E-state index contributed by atoms with van der Waals surface area (Å²) < 4.78 is 29.5. The zero-order chi connectivity index (χ0) is 18.7. The van der Waals surface area contributed by atoms with Crippen LogP contribution in [0.2, 0.25) is 0 Å². The maximum atomic E-state index is 13.1. The van der Waals surface area contributed by atoms with Crippen LogP contribution in [0.15, 0.2) is 36.4 Å². The number of halogens is 1. The van der Waals surface area contributed by atoms with E-state index >= 15 is 0 Å². The van der Waals surface area contributed by atoms with Crippen LogP contribution >= 0.6 is 11.8 Å². The summed E-state index contributed by atoms with van der Waals surface area (Å²) in [7, 11) is 4.67. The number of hydrogen-bond donors (Lipinski definition) is 0. The molecule has 0 radical (unpaired) electrons. The van der Waals surface area contributed by atoms with E-state index in [1.807, 2.05) is 6.07 Å². The molecule has 1 heterocycles. The molecule has 0 aliphatic carbocycles. The highest BCUT2D eigenvalue weighted by molar-refractivity contribution is 8.00. The first-order valence-corrected chi connectivity index (χ1v) is 9.08. The van der Waals surface area contributed by atoms with Crippen LogP contribution in [0.5, 0.6) is 17.2 Å². The molecule has 0 bridgehead atoms. The number of ether oxygens (including phenoxy) is 3. The van der Waals surface area contributed by atoms with Crippen molar-refractivity contribution in [1.29, 1.82) is 0 Å². The molecule has 1 unspecified atom stereocenters. The van der Waals surface area contributed by atoms with Gasteiger partial charge in [0.2, 0.25) is 11.7 Å². The largest absolute Gasteiger partial charge is 0.493 e. The fourth-order valence-electron chi connectivity index (χ4n) is 2.99. The first-order valence-electron chi connectivity index (χ1n) is 8.03. The van der Waals surface area contributed by atoms with Crippen molar-refractivity contribution in [3.63, 3.8) is 0 Å². The van der Waals surface area contributed by atoms with E-state index in [0.717, 1.165) is 11.1 Å². The van der Waals surface area contributed by atoms with Gasteiger partial charge in [-0.2, -0.15) is 0 Å². The third-order valence-electron chi connectivity index (χ3n) is 4.23. The highest BCUT2D eigenvalue weighted by Gasteiger charge is 2.36. The van der Waals surface area contributed by atoms with Crippen LogP contribution < -0.4 is 14.2 Å². The van der Waals surface area contributed by atoms with Crippen molar-refractivity contribution in [1.82, 2.24) is 4.90 Å². The van der Waals surface area contributed by atoms with Gasteiger partial charge in [0.1, 0.15) is 11.2 Å². The molecule has 1 amide bonds. The van der Waals surface area contributed by atoms with E-state index in [4.69, 9.17) is 14.2 Å². The molecular formula is C19H20FNO4S. The van der Waals surface area contributed by atoms with Crippen LogP contribution in [-0.2, 0) is 11.3 Å². The summed E-state index contributed by atoms with van der Waals surface area (Å²) >= 11 is 1.52. The van der Waals surface area contributed by atoms with Crippen molar-refractivity contribution in [3.05, 3.63) is 53.3 Å². The maximum Gasteiger partial charge on any atom is 0.234 e. The molecule has 0 N–H and O–H groups in total. The average Bonchev–Trinajstić information content (AvgIpc) is 3.02. The Morgan fingerprint density at radius 2 is 1.73 bits per heavy atom. The average molecular weight is 377 g/mol. The Kier molecular flexibility index (Phi) is 5.56. The van der Waals surface area contributed by atoms with Crippen LogP contribution in [0, 0.1) is 5.82 Å². The third kappa shape index (κ3) is 3.44. The first-order chi connectivity index (χ1) is 12.6. The summed E-state index contributed by atoms with van der Waals surface area (Å²) in [4.78, 5) is 14.2. The molecule has 1 aliphatic rings. The predicted octanol–water partition coefficient (Wildman–Crippen LogP) is 3.63. The molecule has 1 aliphatic heterocycles. The second kappa shape index (κ2) is 7.86. The lowest BCUT2D eigenvalue weighted by atomic mass is 10.1. The van der Waals surface area contributed by atoms with Gasteiger partial charge in [-0.15, -0.1) is 11.8 Å². The maximum absolute atomic E-state index is 13.1. The van der Waals surface area contributed by atoms with Gasteiger partial charge in [0.05, 0.1) is 27.1 Å². The van der Waals surface area contributed by atoms with Gasteiger partial charge in [0.25, 0.3) is 0 Å². The van der Waals surface area contributed by atoms with E-state index in [9.17, 15) is 9.18 Å². The number of nitrogens with zero attached hydrogens (tertiary/aromatic N) is 1. The van der Waals surface area contributed by atoms with Crippen molar-refractivity contribution < 1.29 is 23.4 Å². The number of rotatable bonds is 6. The number of methoxy groups -OCH3 is 3. The highest BCUT2D eigenvalue weighted by atomic mass is 32.2. The molecule has 26 heavy (non-hydrogen) atoms. The molecule has 1 atom stereocenters. The Morgan fingerprint density at radius 1 is 1.04 bits per heavy atom. The molecule has 5 nitrogen and oxygen atoms in total. The van der Waals surface area contributed by atoms with Crippen LogP contribution in [0.3, 0.4) is 0 Å². The van der Waals surface area contributed by atoms with E-state index in [1.165, 1.54) is 23.9 Å². The van der Waals surface area contributed by atoms with Crippen LogP contribution in [0.25, 0.3) is 0 Å². The van der Waals surface area contributed by atoms with Crippen molar-refractivity contribution in [2.75, 3.05) is 27.1 Å². The number of hydrogen-bond acceptors (Lipinski definition) is 5. The van der Waals surface area contributed by atoms with Gasteiger partial charge < -0.3 is 19.1 Å². The Hall–Kier alpha value is -2.41. The number of thioether (sulfide) groups is 1. The van der Waals surface area contributed by atoms with E-state index in [1.54, 1.807) is 44.4 Å². The monoisotopic (exact) mass is 377 g/mol. The quantitative estimate of drug-likeness (QED) is 0.769. The van der Waals surface area contributed by atoms with E-state index < -0.39 is 0 Å². The molecular weight excluding hydrogens is 357 g/mol. The minimum absolute atomic E-state index is 0.0289. The van der Waals surface area contributed by atoms with E-state index in [-0.39, 0.29) is 17.1 Å². The second-order valence-electron chi connectivity index (χ2n) is 5.74. The van der Waals surface area contributed by atoms with Gasteiger partial charge in [-0.1, -0.05) is 12.1 Å². The van der Waals surface area contributed by atoms with Gasteiger partial charge in [0.15, 0.2) is 11.5 Å².